The molecule has 13 nitrogen and oxygen atoms in total. The van der Waals surface area contributed by atoms with E-state index in [1.165, 1.54) is 41.2 Å². The van der Waals surface area contributed by atoms with Crippen LogP contribution in [0.15, 0.2) is 64.8 Å². The fourth-order valence-corrected chi connectivity index (χ4v) is 5.15. The molecule has 0 aliphatic heterocycles. The van der Waals surface area contributed by atoms with Gasteiger partial charge in [0, 0.05) is 43.8 Å². The van der Waals surface area contributed by atoms with Crippen molar-refractivity contribution in [1.29, 1.82) is 0 Å². The molecular formula is C22H21N5O8S2. The van der Waals surface area contributed by atoms with Gasteiger partial charge in [-0.2, -0.15) is 16.8 Å². The summed E-state index contributed by atoms with van der Waals surface area (Å²) in [5, 5.41) is 5.20. The number of nitrogens with one attached hydrogen (secondary N) is 2. The third-order valence-corrected chi connectivity index (χ3v) is 7.16. The molecule has 0 bridgehead atoms. The molecule has 4 rings (SSSR count). The maximum atomic E-state index is 13.1. The Hall–Kier alpha value is -4.18. The Balaban J connectivity index is 1.68. The van der Waals surface area contributed by atoms with Crippen molar-refractivity contribution in [3.8, 4) is 0 Å². The van der Waals surface area contributed by atoms with Crippen LogP contribution in [0.25, 0.3) is 10.8 Å². The third-order valence-electron chi connectivity index (χ3n) is 5.43. The van der Waals surface area contributed by atoms with E-state index < -0.39 is 41.8 Å². The molecule has 6 N–H and O–H groups in total. The minimum absolute atomic E-state index is 0.0650. The second-order valence-corrected chi connectivity index (χ2v) is 11.0. The number of carbonyl (C=O) groups excluding carboxylic acids is 2. The monoisotopic (exact) mass is 547 g/mol. The summed E-state index contributed by atoms with van der Waals surface area (Å²) in [6.07, 6.45) is 4.55. The van der Waals surface area contributed by atoms with Crippen LogP contribution in [-0.2, 0) is 34.3 Å². The lowest BCUT2D eigenvalue weighted by atomic mass is 10.1. The van der Waals surface area contributed by atoms with Gasteiger partial charge in [-0.25, -0.2) is 0 Å². The fourth-order valence-electron chi connectivity index (χ4n) is 3.80. The first-order valence-electron chi connectivity index (χ1n) is 10.4. The van der Waals surface area contributed by atoms with E-state index in [1.54, 1.807) is 24.9 Å². The van der Waals surface area contributed by atoms with Gasteiger partial charge < -0.3 is 25.5 Å². The lowest BCUT2D eigenvalue weighted by molar-refractivity contribution is 0.101. The Kier molecular flexibility index (Phi) is 6.33. The van der Waals surface area contributed by atoms with E-state index in [-0.39, 0.29) is 33.4 Å². The highest BCUT2D eigenvalue weighted by molar-refractivity contribution is 7.86. The van der Waals surface area contributed by atoms with Gasteiger partial charge in [-0.3, -0.25) is 18.7 Å². The smallest absolute Gasteiger partial charge is 0.295 e. The Bertz CT molecular complexity index is 1800. The molecule has 15 heteroatoms. The maximum Gasteiger partial charge on any atom is 0.295 e. The lowest BCUT2D eigenvalue weighted by Gasteiger charge is -2.11. The van der Waals surface area contributed by atoms with E-state index in [1.807, 2.05) is 0 Å². The lowest BCUT2D eigenvalue weighted by Crippen LogP contribution is -2.18. The third kappa shape index (κ3) is 5.34. The number of fused-ring (bicyclic) bond motifs is 1. The molecular weight excluding hydrogens is 526 g/mol. The number of nitrogens with zero attached hydrogens (tertiary/aromatic N) is 2. The quantitative estimate of drug-likeness (QED) is 0.224. The summed E-state index contributed by atoms with van der Waals surface area (Å²) in [4.78, 5) is 24.3. The first kappa shape index (κ1) is 25.9. The number of amides is 2. The molecule has 0 aliphatic carbocycles. The van der Waals surface area contributed by atoms with E-state index in [0.29, 0.717) is 11.8 Å². The number of hydrogen-bond acceptors (Lipinski definition) is 7. The van der Waals surface area contributed by atoms with E-state index in [0.717, 1.165) is 6.07 Å². The van der Waals surface area contributed by atoms with E-state index >= 15 is 0 Å². The topological polar surface area (TPSA) is 203 Å². The summed E-state index contributed by atoms with van der Waals surface area (Å²) in [5.41, 5.74) is 6.78. The van der Waals surface area contributed by atoms with Gasteiger partial charge in [-0.1, -0.05) is 6.07 Å². The largest absolute Gasteiger partial charge is 0.397 e. The zero-order chi connectivity index (χ0) is 27.3. The zero-order valence-corrected chi connectivity index (χ0v) is 21.0. The minimum Gasteiger partial charge on any atom is -0.397 e. The molecule has 0 saturated heterocycles. The molecule has 0 spiro atoms. The number of rotatable bonds is 6. The van der Waals surface area contributed by atoms with Crippen LogP contribution in [0.1, 0.15) is 20.8 Å². The van der Waals surface area contributed by atoms with Crippen LogP contribution >= 0.6 is 0 Å². The summed E-state index contributed by atoms with van der Waals surface area (Å²) in [6, 6.07) is 7.01. The van der Waals surface area contributed by atoms with Gasteiger partial charge in [0.2, 0.25) is 0 Å². The van der Waals surface area contributed by atoms with Crippen molar-refractivity contribution in [1.82, 2.24) is 9.13 Å². The number of hydrogen-bond donors (Lipinski definition) is 5. The molecule has 4 aromatic rings. The molecule has 2 heterocycles. The standard InChI is InChI=1S/C22H21N5O8S2/c1-26-10-17(18(11-26)25-22(29)19-6-13(23)9-27(19)2)21(28)24-14-4-3-12-5-15(36(30,31)32)8-20(16(12)7-14)37(33,34)35/h3-11H,23H2,1-2H3,(H,24,28)(H,25,29)(H,30,31,32)(H,33,34,35). The van der Waals surface area contributed by atoms with Gasteiger partial charge in [0.05, 0.1) is 21.8 Å². The van der Waals surface area contributed by atoms with Crippen LogP contribution in [0.4, 0.5) is 17.1 Å². The van der Waals surface area contributed by atoms with Crippen LogP contribution in [-0.4, -0.2) is 46.9 Å². The predicted octanol–water partition coefficient (Wildman–Crippen LogP) is 2.10. The second-order valence-electron chi connectivity index (χ2n) is 8.24. The molecule has 0 saturated carbocycles. The number of anilines is 3. The molecule has 0 atom stereocenters. The number of nitrogen functional groups attached to an aromatic ring is 1. The average molecular weight is 548 g/mol. The second kappa shape index (κ2) is 9.04. The highest BCUT2D eigenvalue weighted by atomic mass is 32.2. The number of nitrogens with two attached hydrogens (primary N) is 1. The highest BCUT2D eigenvalue weighted by Gasteiger charge is 2.22. The van der Waals surface area contributed by atoms with Gasteiger partial charge in [-0.05, 0) is 35.7 Å². The van der Waals surface area contributed by atoms with Crippen LogP contribution in [0.3, 0.4) is 0 Å². The Labute approximate surface area is 211 Å². The van der Waals surface area contributed by atoms with Gasteiger partial charge in [-0.15, -0.1) is 0 Å². The fraction of sp³-hybridized carbons (Fsp3) is 0.0909. The Morgan fingerprint density at radius 2 is 1.57 bits per heavy atom. The summed E-state index contributed by atoms with van der Waals surface area (Å²) in [6.45, 7) is 0. The number of carbonyl (C=O) groups is 2. The SMILES string of the molecule is Cn1cc(NC(=O)c2cc(N)cn2C)c(C(=O)Nc2ccc3cc(S(=O)(=O)O)cc(S(=O)(=O)O)c3c2)c1. The zero-order valence-electron chi connectivity index (χ0n) is 19.3. The van der Waals surface area contributed by atoms with Crippen molar-refractivity contribution in [3.05, 3.63) is 66.2 Å². The van der Waals surface area contributed by atoms with E-state index in [4.69, 9.17) is 5.73 Å². The van der Waals surface area contributed by atoms with Crippen LogP contribution < -0.4 is 16.4 Å². The summed E-state index contributed by atoms with van der Waals surface area (Å²) < 4.78 is 68.9. The van der Waals surface area contributed by atoms with E-state index in [9.17, 15) is 35.5 Å². The summed E-state index contributed by atoms with van der Waals surface area (Å²) >= 11 is 0. The van der Waals surface area contributed by atoms with Crippen LogP contribution in [0.5, 0.6) is 0 Å². The average Bonchev–Trinajstić information content (AvgIpc) is 3.32. The van der Waals surface area contributed by atoms with Crippen molar-refractivity contribution in [3.63, 3.8) is 0 Å². The first-order chi connectivity index (χ1) is 17.1. The number of aromatic nitrogens is 2. The summed E-state index contributed by atoms with van der Waals surface area (Å²) in [5.74, 6) is -1.15. The Morgan fingerprint density at radius 1 is 0.865 bits per heavy atom. The molecule has 0 fully saturated rings. The molecule has 2 aromatic carbocycles. The minimum atomic E-state index is -4.90. The molecule has 0 aliphatic rings. The molecule has 2 amide bonds. The van der Waals surface area contributed by atoms with Crippen LogP contribution in [0.2, 0.25) is 0 Å². The van der Waals surface area contributed by atoms with Crippen molar-refractivity contribution in [2.24, 2.45) is 14.1 Å². The van der Waals surface area contributed by atoms with Gasteiger partial charge in [0.25, 0.3) is 32.1 Å². The normalized spacial score (nSPS) is 12.0. The van der Waals surface area contributed by atoms with Crippen molar-refractivity contribution < 1.29 is 35.5 Å². The van der Waals surface area contributed by atoms with Gasteiger partial charge in [0.15, 0.2) is 0 Å². The van der Waals surface area contributed by atoms with Crippen LogP contribution in [0, 0.1) is 0 Å². The number of aryl methyl sites for hydroxylation is 2. The predicted molar refractivity (Wildman–Crippen MR) is 135 cm³/mol. The van der Waals surface area contributed by atoms with Gasteiger partial charge >= 0.3 is 0 Å². The molecule has 2 aromatic heterocycles. The van der Waals surface area contributed by atoms with Gasteiger partial charge in [0.1, 0.15) is 10.6 Å². The molecule has 0 unspecified atom stereocenters. The number of benzene rings is 2. The summed E-state index contributed by atoms with van der Waals surface area (Å²) in [7, 11) is -6.38. The van der Waals surface area contributed by atoms with Crippen molar-refractivity contribution in [2.75, 3.05) is 16.4 Å². The molecule has 194 valence electrons. The Morgan fingerprint density at radius 3 is 2.16 bits per heavy atom. The van der Waals surface area contributed by atoms with Crippen molar-refractivity contribution in [2.45, 2.75) is 9.79 Å². The molecule has 0 radical (unpaired) electrons. The first-order valence-corrected chi connectivity index (χ1v) is 13.2. The highest BCUT2D eigenvalue weighted by Crippen LogP contribution is 2.30. The van der Waals surface area contributed by atoms with E-state index in [2.05, 4.69) is 10.6 Å². The molecule has 37 heavy (non-hydrogen) atoms. The maximum absolute atomic E-state index is 13.1. The van der Waals surface area contributed by atoms with Crippen molar-refractivity contribution >= 4 is 59.9 Å².